The fraction of sp³-hybridized carbons (Fsp3) is 0.174. The summed E-state index contributed by atoms with van der Waals surface area (Å²) in [5.41, 5.74) is 4.15. The second kappa shape index (κ2) is 8.84. The quantitative estimate of drug-likeness (QED) is 0.422. The number of carbonyl (C=O) groups excluding carboxylic acids is 1. The molecule has 0 saturated heterocycles. The highest BCUT2D eigenvalue weighted by atomic mass is 32.1. The van der Waals surface area contributed by atoms with E-state index in [4.69, 9.17) is 4.74 Å². The minimum atomic E-state index is -0.305. The van der Waals surface area contributed by atoms with E-state index in [0.29, 0.717) is 6.54 Å². The lowest BCUT2D eigenvalue weighted by atomic mass is 10.1. The highest BCUT2D eigenvalue weighted by Crippen LogP contribution is 2.24. The molecule has 0 N–H and O–H groups in total. The number of nitrogens with zero attached hydrogens (tertiary/aromatic N) is 3. The van der Waals surface area contributed by atoms with Crippen molar-refractivity contribution in [2.75, 3.05) is 0 Å². The molecule has 0 radical (unpaired) electrons. The Balaban J connectivity index is 1.34. The SMILES string of the molecule is Cc1cccc(-c2nc(CC(=O)OCc3nccn3Cc3ccccc3)cs2)c1. The largest absolute Gasteiger partial charge is 0.457 e. The van der Waals surface area contributed by atoms with E-state index in [-0.39, 0.29) is 19.0 Å². The van der Waals surface area contributed by atoms with Gasteiger partial charge in [0.1, 0.15) is 17.4 Å². The average molecular weight is 404 g/mol. The lowest BCUT2D eigenvalue weighted by Crippen LogP contribution is -2.12. The number of hydrogen-bond donors (Lipinski definition) is 0. The van der Waals surface area contributed by atoms with Crippen molar-refractivity contribution < 1.29 is 9.53 Å². The number of aryl methyl sites for hydroxylation is 1. The monoisotopic (exact) mass is 403 g/mol. The fourth-order valence-electron chi connectivity index (χ4n) is 3.05. The summed E-state index contributed by atoms with van der Waals surface area (Å²) < 4.78 is 7.43. The molecule has 4 aromatic rings. The van der Waals surface area contributed by atoms with Gasteiger partial charge >= 0.3 is 5.97 Å². The summed E-state index contributed by atoms with van der Waals surface area (Å²) in [5, 5.41) is 2.82. The van der Waals surface area contributed by atoms with Gasteiger partial charge in [0, 0.05) is 29.9 Å². The van der Waals surface area contributed by atoms with Gasteiger partial charge in [0.2, 0.25) is 0 Å². The molecule has 0 atom stereocenters. The number of thiazole rings is 1. The molecule has 0 aliphatic carbocycles. The van der Waals surface area contributed by atoms with E-state index < -0.39 is 0 Å². The van der Waals surface area contributed by atoms with Crippen molar-refractivity contribution in [1.82, 2.24) is 14.5 Å². The van der Waals surface area contributed by atoms with Crippen LogP contribution in [0.2, 0.25) is 0 Å². The zero-order valence-corrected chi connectivity index (χ0v) is 16.9. The third-order valence-electron chi connectivity index (χ3n) is 4.50. The summed E-state index contributed by atoms with van der Waals surface area (Å²) >= 11 is 1.54. The summed E-state index contributed by atoms with van der Waals surface area (Å²) in [7, 11) is 0. The standard InChI is InChI=1S/C23H21N3O2S/c1-17-6-5-9-19(12-17)23-25-20(16-29-23)13-22(27)28-15-21-24-10-11-26(21)14-18-7-3-2-4-8-18/h2-12,16H,13-15H2,1H3. The summed E-state index contributed by atoms with van der Waals surface area (Å²) in [6.07, 6.45) is 3.77. The molecule has 5 nitrogen and oxygen atoms in total. The topological polar surface area (TPSA) is 57.0 Å². The highest BCUT2D eigenvalue weighted by Gasteiger charge is 2.12. The Labute approximate surface area is 173 Å². The normalized spacial score (nSPS) is 10.8. The Morgan fingerprint density at radius 2 is 2.00 bits per heavy atom. The minimum absolute atomic E-state index is 0.146. The maximum absolute atomic E-state index is 12.3. The molecule has 2 heterocycles. The zero-order valence-electron chi connectivity index (χ0n) is 16.1. The molecule has 2 aromatic carbocycles. The van der Waals surface area contributed by atoms with Crippen LogP contribution in [0.1, 0.15) is 22.6 Å². The molecule has 2 aromatic heterocycles. The van der Waals surface area contributed by atoms with Gasteiger partial charge in [0.15, 0.2) is 0 Å². The summed E-state index contributed by atoms with van der Waals surface area (Å²) in [6.45, 7) is 2.89. The molecule has 6 heteroatoms. The molecule has 29 heavy (non-hydrogen) atoms. The molecule has 0 saturated carbocycles. The smallest absolute Gasteiger partial charge is 0.312 e. The molecule has 146 valence electrons. The van der Waals surface area contributed by atoms with E-state index in [0.717, 1.165) is 22.1 Å². The Hall–Kier alpha value is -3.25. The van der Waals surface area contributed by atoms with Crippen LogP contribution >= 0.6 is 11.3 Å². The van der Waals surface area contributed by atoms with Gasteiger partial charge in [-0.3, -0.25) is 4.79 Å². The number of aromatic nitrogens is 3. The number of rotatable bonds is 7. The second-order valence-corrected chi connectivity index (χ2v) is 7.67. The van der Waals surface area contributed by atoms with Crippen molar-refractivity contribution in [3.63, 3.8) is 0 Å². The Kier molecular flexibility index (Phi) is 5.81. The third kappa shape index (κ3) is 4.97. The molecule has 4 rings (SSSR count). The molecule has 0 aliphatic heterocycles. The van der Waals surface area contributed by atoms with Crippen LogP contribution in [0.25, 0.3) is 10.6 Å². The summed E-state index contributed by atoms with van der Waals surface area (Å²) in [4.78, 5) is 21.2. The van der Waals surface area contributed by atoms with E-state index in [1.54, 1.807) is 6.20 Å². The van der Waals surface area contributed by atoms with Gasteiger partial charge in [0.25, 0.3) is 0 Å². The van der Waals surface area contributed by atoms with Crippen molar-refractivity contribution in [3.8, 4) is 10.6 Å². The number of imidazole rings is 1. The van der Waals surface area contributed by atoms with E-state index in [9.17, 15) is 4.79 Å². The highest BCUT2D eigenvalue weighted by molar-refractivity contribution is 7.13. The van der Waals surface area contributed by atoms with E-state index in [1.807, 2.05) is 46.5 Å². The Morgan fingerprint density at radius 3 is 2.83 bits per heavy atom. The first-order chi connectivity index (χ1) is 14.2. The van der Waals surface area contributed by atoms with E-state index >= 15 is 0 Å². The molecular weight excluding hydrogens is 382 g/mol. The van der Waals surface area contributed by atoms with Gasteiger partial charge in [-0.05, 0) is 18.6 Å². The zero-order chi connectivity index (χ0) is 20.1. The van der Waals surface area contributed by atoms with Crippen molar-refractivity contribution in [3.05, 3.63) is 95.0 Å². The molecule has 0 aliphatic rings. The number of ether oxygens (including phenoxy) is 1. The van der Waals surface area contributed by atoms with Gasteiger partial charge < -0.3 is 9.30 Å². The first-order valence-electron chi connectivity index (χ1n) is 9.38. The van der Waals surface area contributed by atoms with Crippen molar-refractivity contribution >= 4 is 17.3 Å². The van der Waals surface area contributed by atoms with E-state index in [1.165, 1.54) is 22.5 Å². The van der Waals surface area contributed by atoms with Crippen LogP contribution in [-0.2, 0) is 29.1 Å². The van der Waals surface area contributed by atoms with Crippen LogP contribution in [0, 0.1) is 6.92 Å². The van der Waals surface area contributed by atoms with Crippen LogP contribution in [0.15, 0.2) is 72.4 Å². The van der Waals surface area contributed by atoms with Gasteiger partial charge in [-0.15, -0.1) is 11.3 Å². The third-order valence-corrected chi connectivity index (χ3v) is 5.44. The number of hydrogen-bond acceptors (Lipinski definition) is 5. The fourth-order valence-corrected chi connectivity index (χ4v) is 3.86. The van der Waals surface area contributed by atoms with Gasteiger partial charge in [0.05, 0.1) is 12.1 Å². The second-order valence-electron chi connectivity index (χ2n) is 6.81. The molecule has 0 amide bonds. The first kappa shape index (κ1) is 19.1. The van der Waals surface area contributed by atoms with Gasteiger partial charge in [-0.2, -0.15) is 0 Å². The molecule has 0 fully saturated rings. The molecular formula is C23H21N3O2S. The van der Waals surface area contributed by atoms with Crippen LogP contribution in [0.4, 0.5) is 0 Å². The summed E-state index contributed by atoms with van der Waals surface area (Å²) in [5.74, 6) is 0.418. The van der Waals surface area contributed by atoms with Crippen LogP contribution in [0.5, 0.6) is 0 Å². The predicted molar refractivity (Wildman–Crippen MR) is 114 cm³/mol. The minimum Gasteiger partial charge on any atom is -0.457 e. The number of carbonyl (C=O) groups is 1. The van der Waals surface area contributed by atoms with Crippen molar-refractivity contribution in [2.24, 2.45) is 0 Å². The lowest BCUT2D eigenvalue weighted by Gasteiger charge is -2.08. The Morgan fingerprint density at radius 1 is 1.14 bits per heavy atom. The molecule has 0 bridgehead atoms. The first-order valence-corrected chi connectivity index (χ1v) is 10.3. The van der Waals surface area contributed by atoms with Crippen LogP contribution < -0.4 is 0 Å². The number of esters is 1. The maximum atomic E-state index is 12.3. The van der Waals surface area contributed by atoms with Crippen molar-refractivity contribution in [1.29, 1.82) is 0 Å². The van der Waals surface area contributed by atoms with Crippen LogP contribution in [0.3, 0.4) is 0 Å². The molecule has 0 spiro atoms. The maximum Gasteiger partial charge on any atom is 0.312 e. The van der Waals surface area contributed by atoms with Gasteiger partial charge in [-0.1, -0.05) is 54.1 Å². The lowest BCUT2D eigenvalue weighted by molar-refractivity contribution is -0.144. The predicted octanol–water partition coefficient (Wildman–Crippen LogP) is 4.65. The van der Waals surface area contributed by atoms with E-state index in [2.05, 4.69) is 41.2 Å². The van der Waals surface area contributed by atoms with Gasteiger partial charge in [-0.25, -0.2) is 9.97 Å². The number of benzene rings is 2. The Bertz CT molecular complexity index is 1100. The average Bonchev–Trinajstić information content (AvgIpc) is 3.37. The summed E-state index contributed by atoms with van der Waals surface area (Å²) in [6, 6.07) is 18.3. The molecule has 0 unspecified atom stereocenters. The van der Waals surface area contributed by atoms with Crippen molar-refractivity contribution in [2.45, 2.75) is 26.5 Å². The van der Waals surface area contributed by atoms with Crippen LogP contribution in [-0.4, -0.2) is 20.5 Å².